The highest BCUT2D eigenvalue weighted by atomic mass is 35.5. The second-order valence-electron chi connectivity index (χ2n) is 4.25. The van der Waals surface area contributed by atoms with Crippen LogP contribution in [0.3, 0.4) is 0 Å². The third-order valence-electron chi connectivity index (χ3n) is 2.68. The summed E-state index contributed by atoms with van der Waals surface area (Å²) < 4.78 is 19.1. The maximum atomic E-state index is 13.6. The smallest absolute Gasteiger partial charge is 0.126 e. The summed E-state index contributed by atoms with van der Waals surface area (Å²) in [4.78, 5) is 0. The van der Waals surface area contributed by atoms with Crippen molar-refractivity contribution in [1.82, 2.24) is 5.32 Å². The number of nitrogens with one attached hydrogen (secondary N) is 1. The van der Waals surface area contributed by atoms with Gasteiger partial charge in [-0.15, -0.1) is 0 Å². The van der Waals surface area contributed by atoms with Crippen LogP contribution in [0.15, 0.2) is 18.2 Å². The molecule has 1 aromatic carbocycles. The fraction of sp³-hybridized carbons (Fsp3) is 0.571. The minimum Gasteiger partial charge on any atom is -0.380 e. The molecule has 0 saturated carbocycles. The quantitative estimate of drug-likeness (QED) is 0.784. The zero-order chi connectivity index (χ0) is 13.4. The van der Waals surface area contributed by atoms with Crippen molar-refractivity contribution in [1.29, 1.82) is 0 Å². The zero-order valence-electron chi connectivity index (χ0n) is 11.0. The number of ether oxygens (including phenoxy) is 1. The SMILES string of the molecule is CCCNC(COCC)Cc1cc(Cl)ccc1F. The van der Waals surface area contributed by atoms with Crippen molar-refractivity contribution in [3.05, 3.63) is 34.6 Å². The largest absolute Gasteiger partial charge is 0.380 e. The van der Waals surface area contributed by atoms with Crippen molar-refractivity contribution >= 4 is 11.6 Å². The van der Waals surface area contributed by atoms with Gasteiger partial charge in [-0.05, 0) is 50.1 Å². The highest BCUT2D eigenvalue weighted by Crippen LogP contribution is 2.16. The van der Waals surface area contributed by atoms with Crippen LogP contribution in [0.5, 0.6) is 0 Å². The van der Waals surface area contributed by atoms with E-state index in [1.807, 2.05) is 6.92 Å². The lowest BCUT2D eigenvalue weighted by atomic mass is 10.1. The van der Waals surface area contributed by atoms with Crippen molar-refractivity contribution in [2.75, 3.05) is 19.8 Å². The molecule has 0 heterocycles. The summed E-state index contributed by atoms with van der Waals surface area (Å²) >= 11 is 5.89. The second-order valence-corrected chi connectivity index (χ2v) is 4.69. The third-order valence-corrected chi connectivity index (χ3v) is 2.92. The van der Waals surface area contributed by atoms with Crippen molar-refractivity contribution < 1.29 is 9.13 Å². The molecule has 102 valence electrons. The predicted molar refractivity (Wildman–Crippen MR) is 73.7 cm³/mol. The lowest BCUT2D eigenvalue weighted by Crippen LogP contribution is -2.36. The van der Waals surface area contributed by atoms with Crippen LogP contribution in [0.1, 0.15) is 25.8 Å². The van der Waals surface area contributed by atoms with Gasteiger partial charge in [0.25, 0.3) is 0 Å². The number of benzene rings is 1. The molecule has 0 aliphatic carbocycles. The Balaban J connectivity index is 2.65. The number of rotatable bonds is 8. The van der Waals surface area contributed by atoms with Gasteiger partial charge in [0.05, 0.1) is 6.61 Å². The molecule has 1 aromatic rings. The fourth-order valence-electron chi connectivity index (χ4n) is 1.76. The number of hydrogen-bond donors (Lipinski definition) is 1. The van der Waals surface area contributed by atoms with Gasteiger partial charge in [0, 0.05) is 17.7 Å². The normalized spacial score (nSPS) is 12.7. The van der Waals surface area contributed by atoms with Gasteiger partial charge in [0.1, 0.15) is 5.82 Å². The molecule has 0 spiro atoms. The summed E-state index contributed by atoms with van der Waals surface area (Å²) in [6, 6.07) is 4.79. The van der Waals surface area contributed by atoms with Gasteiger partial charge in [0.2, 0.25) is 0 Å². The van der Waals surface area contributed by atoms with Crippen LogP contribution in [-0.4, -0.2) is 25.8 Å². The van der Waals surface area contributed by atoms with Gasteiger partial charge in [-0.2, -0.15) is 0 Å². The van der Waals surface area contributed by atoms with Gasteiger partial charge >= 0.3 is 0 Å². The first-order valence-electron chi connectivity index (χ1n) is 6.42. The Morgan fingerprint density at radius 1 is 1.39 bits per heavy atom. The first kappa shape index (κ1) is 15.4. The van der Waals surface area contributed by atoms with E-state index in [0.29, 0.717) is 30.2 Å². The first-order valence-corrected chi connectivity index (χ1v) is 6.80. The molecule has 1 unspecified atom stereocenters. The van der Waals surface area contributed by atoms with E-state index in [-0.39, 0.29) is 11.9 Å². The van der Waals surface area contributed by atoms with Gasteiger partial charge in [-0.25, -0.2) is 4.39 Å². The van der Waals surface area contributed by atoms with E-state index in [2.05, 4.69) is 12.2 Å². The Kier molecular flexibility index (Phi) is 7.25. The van der Waals surface area contributed by atoms with E-state index in [1.54, 1.807) is 12.1 Å². The number of halogens is 2. The summed E-state index contributed by atoms with van der Waals surface area (Å²) in [7, 11) is 0. The average Bonchev–Trinajstić information content (AvgIpc) is 2.37. The van der Waals surface area contributed by atoms with Crippen LogP contribution >= 0.6 is 11.6 Å². The van der Waals surface area contributed by atoms with E-state index in [0.717, 1.165) is 13.0 Å². The second kappa shape index (κ2) is 8.46. The molecule has 1 atom stereocenters. The van der Waals surface area contributed by atoms with Gasteiger partial charge < -0.3 is 10.1 Å². The number of hydrogen-bond acceptors (Lipinski definition) is 2. The molecule has 4 heteroatoms. The van der Waals surface area contributed by atoms with E-state index in [4.69, 9.17) is 16.3 Å². The summed E-state index contributed by atoms with van der Waals surface area (Å²) in [6.45, 7) is 6.21. The lowest BCUT2D eigenvalue weighted by molar-refractivity contribution is 0.122. The van der Waals surface area contributed by atoms with Crippen molar-refractivity contribution in [3.63, 3.8) is 0 Å². The molecule has 0 aliphatic rings. The molecule has 1 N–H and O–H groups in total. The molecular weight excluding hydrogens is 253 g/mol. The molecular formula is C14H21ClFNO. The fourth-order valence-corrected chi connectivity index (χ4v) is 1.96. The molecule has 0 aromatic heterocycles. The third kappa shape index (κ3) is 5.34. The Morgan fingerprint density at radius 2 is 2.17 bits per heavy atom. The van der Waals surface area contributed by atoms with Gasteiger partial charge in [-0.3, -0.25) is 0 Å². The van der Waals surface area contributed by atoms with E-state index in [1.165, 1.54) is 6.07 Å². The Bertz CT molecular complexity index is 352. The van der Waals surface area contributed by atoms with Crippen LogP contribution < -0.4 is 5.32 Å². The molecule has 0 radical (unpaired) electrons. The Labute approximate surface area is 113 Å². The maximum absolute atomic E-state index is 13.6. The Morgan fingerprint density at radius 3 is 2.83 bits per heavy atom. The summed E-state index contributed by atoms with van der Waals surface area (Å²) in [6.07, 6.45) is 1.63. The van der Waals surface area contributed by atoms with Crippen LogP contribution in [-0.2, 0) is 11.2 Å². The molecule has 2 nitrogen and oxygen atoms in total. The monoisotopic (exact) mass is 273 g/mol. The first-order chi connectivity index (χ1) is 8.67. The zero-order valence-corrected chi connectivity index (χ0v) is 11.8. The molecule has 0 saturated heterocycles. The standard InChI is InChI=1S/C14H21ClFNO/c1-3-7-17-13(10-18-4-2)9-11-8-12(15)5-6-14(11)16/h5-6,8,13,17H,3-4,7,9-10H2,1-2H3. The summed E-state index contributed by atoms with van der Waals surface area (Å²) in [5.41, 5.74) is 0.635. The Hall–Kier alpha value is -0.640. The molecule has 0 fully saturated rings. The molecule has 0 bridgehead atoms. The maximum Gasteiger partial charge on any atom is 0.126 e. The van der Waals surface area contributed by atoms with Crippen LogP contribution in [0.2, 0.25) is 5.02 Å². The van der Waals surface area contributed by atoms with Gasteiger partial charge in [0.15, 0.2) is 0 Å². The van der Waals surface area contributed by atoms with Crippen LogP contribution in [0, 0.1) is 5.82 Å². The molecule has 0 aliphatic heterocycles. The van der Waals surface area contributed by atoms with Gasteiger partial charge in [-0.1, -0.05) is 18.5 Å². The molecule has 18 heavy (non-hydrogen) atoms. The minimum absolute atomic E-state index is 0.123. The van der Waals surface area contributed by atoms with Crippen molar-refractivity contribution in [2.24, 2.45) is 0 Å². The van der Waals surface area contributed by atoms with Crippen LogP contribution in [0.25, 0.3) is 0 Å². The topological polar surface area (TPSA) is 21.3 Å². The molecule has 0 amide bonds. The predicted octanol–water partition coefficient (Wildman–Crippen LogP) is 3.43. The highest BCUT2D eigenvalue weighted by Gasteiger charge is 2.12. The minimum atomic E-state index is -0.209. The van der Waals surface area contributed by atoms with E-state index in [9.17, 15) is 4.39 Å². The van der Waals surface area contributed by atoms with Crippen molar-refractivity contribution in [3.8, 4) is 0 Å². The highest BCUT2D eigenvalue weighted by molar-refractivity contribution is 6.30. The lowest BCUT2D eigenvalue weighted by Gasteiger charge is -2.18. The molecule has 1 rings (SSSR count). The van der Waals surface area contributed by atoms with Crippen molar-refractivity contribution in [2.45, 2.75) is 32.7 Å². The summed E-state index contributed by atoms with van der Waals surface area (Å²) in [5.74, 6) is -0.209. The van der Waals surface area contributed by atoms with E-state index >= 15 is 0 Å². The summed E-state index contributed by atoms with van der Waals surface area (Å²) in [5, 5.41) is 3.93. The van der Waals surface area contributed by atoms with E-state index < -0.39 is 0 Å². The average molecular weight is 274 g/mol. The van der Waals surface area contributed by atoms with Crippen LogP contribution in [0.4, 0.5) is 4.39 Å².